The Morgan fingerprint density at radius 3 is 2.41 bits per heavy atom. The molecule has 2 rings (SSSR count). The predicted molar refractivity (Wildman–Crippen MR) is 74.3 cm³/mol. The molecule has 0 amide bonds. The molecule has 1 spiro atoms. The standard InChI is InChI=1S/C15H30N2/c1-4-7-17-8-5-15(6-9-17)10-14(11-15)12-16-13(2)3/h13-14,16H,4-12H2,1-3H3. The Balaban J connectivity index is 1.65. The minimum Gasteiger partial charge on any atom is -0.314 e. The Morgan fingerprint density at radius 1 is 1.24 bits per heavy atom. The molecule has 2 heteroatoms. The average molecular weight is 238 g/mol. The van der Waals surface area contributed by atoms with Crippen LogP contribution in [0.2, 0.25) is 0 Å². The molecule has 1 N–H and O–H groups in total. The summed E-state index contributed by atoms with van der Waals surface area (Å²) in [6.07, 6.45) is 7.23. The first-order valence-electron chi connectivity index (χ1n) is 7.59. The van der Waals surface area contributed by atoms with Crippen LogP contribution < -0.4 is 5.32 Å². The molecule has 2 aliphatic rings. The number of nitrogens with one attached hydrogen (secondary N) is 1. The van der Waals surface area contributed by atoms with Crippen LogP contribution in [0.25, 0.3) is 0 Å². The van der Waals surface area contributed by atoms with E-state index in [9.17, 15) is 0 Å². The molecule has 0 aromatic carbocycles. The van der Waals surface area contributed by atoms with Gasteiger partial charge in [0.25, 0.3) is 0 Å². The second-order valence-corrected chi connectivity index (χ2v) is 6.68. The summed E-state index contributed by atoms with van der Waals surface area (Å²) >= 11 is 0. The Morgan fingerprint density at radius 2 is 1.88 bits per heavy atom. The highest BCUT2D eigenvalue weighted by Gasteiger charge is 2.45. The summed E-state index contributed by atoms with van der Waals surface area (Å²) in [6.45, 7) is 12.1. The normalized spacial score (nSPS) is 25.4. The molecule has 0 radical (unpaired) electrons. The smallest absolute Gasteiger partial charge is 0.00104 e. The Labute approximate surface area is 107 Å². The first kappa shape index (κ1) is 13.4. The van der Waals surface area contributed by atoms with Gasteiger partial charge in [-0.2, -0.15) is 0 Å². The third kappa shape index (κ3) is 3.45. The molecule has 0 unspecified atom stereocenters. The molecule has 0 aromatic rings. The summed E-state index contributed by atoms with van der Waals surface area (Å²) in [7, 11) is 0. The summed E-state index contributed by atoms with van der Waals surface area (Å²) in [5, 5.41) is 3.59. The number of likely N-dealkylation sites (tertiary alicyclic amines) is 1. The number of hydrogen-bond donors (Lipinski definition) is 1. The van der Waals surface area contributed by atoms with Gasteiger partial charge in [-0.3, -0.25) is 0 Å². The van der Waals surface area contributed by atoms with E-state index >= 15 is 0 Å². The molecule has 1 saturated heterocycles. The van der Waals surface area contributed by atoms with Gasteiger partial charge in [0.15, 0.2) is 0 Å². The first-order chi connectivity index (χ1) is 8.13. The minimum atomic E-state index is 0.651. The van der Waals surface area contributed by atoms with Crippen molar-refractivity contribution >= 4 is 0 Å². The molecule has 2 fully saturated rings. The van der Waals surface area contributed by atoms with Crippen molar-refractivity contribution < 1.29 is 0 Å². The van der Waals surface area contributed by atoms with Gasteiger partial charge in [0.2, 0.25) is 0 Å². The molecular weight excluding hydrogens is 208 g/mol. The van der Waals surface area contributed by atoms with E-state index in [2.05, 4.69) is 31.0 Å². The predicted octanol–water partition coefficient (Wildman–Crippen LogP) is 2.89. The molecular formula is C15H30N2. The summed E-state index contributed by atoms with van der Waals surface area (Å²) in [5.74, 6) is 0.968. The van der Waals surface area contributed by atoms with Gasteiger partial charge in [-0.15, -0.1) is 0 Å². The molecule has 17 heavy (non-hydrogen) atoms. The third-order valence-electron chi connectivity index (χ3n) is 4.71. The largest absolute Gasteiger partial charge is 0.314 e. The van der Waals surface area contributed by atoms with Gasteiger partial charge in [0.1, 0.15) is 0 Å². The van der Waals surface area contributed by atoms with Crippen molar-refractivity contribution in [2.75, 3.05) is 26.2 Å². The average Bonchev–Trinajstić information content (AvgIpc) is 2.26. The van der Waals surface area contributed by atoms with Crippen LogP contribution in [0.1, 0.15) is 52.9 Å². The lowest BCUT2D eigenvalue weighted by atomic mass is 9.57. The molecule has 100 valence electrons. The summed E-state index contributed by atoms with van der Waals surface area (Å²) in [6, 6.07) is 0.651. The summed E-state index contributed by atoms with van der Waals surface area (Å²) in [5.41, 5.74) is 0.758. The van der Waals surface area contributed by atoms with Gasteiger partial charge in [0, 0.05) is 6.04 Å². The fourth-order valence-corrected chi connectivity index (χ4v) is 3.69. The molecule has 1 aliphatic heterocycles. The van der Waals surface area contributed by atoms with E-state index in [0.29, 0.717) is 6.04 Å². The van der Waals surface area contributed by atoms with E-state index in [1.807, 2.05) is 0 Å². The van der Waals surface area contributed by atoms with Crippen molar-refractivity contribution in [3.8, 4) is 0 Å². The van der Waals surface area contributed by atoms with E-state index < -0.39 is 0 Å². The highest BCUT2D eigenvalue weighted by Crippen LogP contribution is 2.52. The second kappa shape index (κ2) is 5.71. The second-order valence-electron chi connectivity index (χ2n) is 6.68. The van der Waals surface area contributed by atoms with E-state index in [1.165, 1.54) is 58.3 Å². The lowest BCUT2D eigenvalue weighted by molar-refractivity contribution is -0.0128. The number of rotatable bonds is 5. The molecule has 0 atom stereocenters. The molecule has 1 saturated carbocycles. The number of hydrogen-bond acceptors (Lipinski definition) is 2. The first-order valence-corrected chi connectivity index (χ1v) is 7.59. The fraction of sp³-hybridized carbons (Fsp3) is 1.00. The zero-order chi connectivity index (χ0) is 12.3. The van der Waals surface area contributed by atoms with Crippen molar-refractivity contribution in [2.45, 2.75) is 58.9 Å². The highest BCUT2D eigenvalue weighted by atomic mass is 15.1. The monoisotopic (exact) mass is 238 g/mol. The van der Waals surface area contributed by atoms with Gasteiger partial charge >= 0.3 is 0 Å². The maximum absolute atomic E-state index is 3.59. The van der Waals surface area contributed by atoms with Crippen LogP contribution in [-0.4, -0.2) is 37.1 Å². The lowest BCUT2D eigenvalue weighted by Gasteiger charge is -2.52. The van der Waals surface area contributed by atoms with Crippen LogP contribution in [-0.2, 0) is 0 Å². The van der Waals surface area contributed by atoms with Gasteiger partial charge in [-0.05, 0) is 69.6 Å². The zero-order valence-corrected chi connectivity index (χ0v) is 12.0. The van der Waals surface area contributed by atoms with Gasteiger partial charge < -0.3 is 10.2 Å². The molecule has 1 aliphatic carbocycles. The minimum absolute atomic E-state index is 0.651. The van der Waals surface area contributed by atoms with E-state index in [-0.39, 0.29) is 0 Å². The summed E-state index contributed by atoms with van der Waals surface area (Å²) < 4.78 is 0. The Kier molecular flexibility index (Phi) is 4.48. The van der Waals surface area contributed by atoms with Gasteiger partial charge in [-0.1, -0.05) is 20.8 Å². The summed E-state index contributed by atoms with van der Waals surface area (Å²) in [4.78, 5) is 2.66. The van der Waals surface area contributed by atoms with Crippen LogP contribution in [0.3, 0.4) is 0 Å². The molecule has 2 nitrogen and oxygen atoms in total. The van der Waals surface area contributed by atoms with Crippen LogP contribution in [0.5, 0.6) is 0 Å². The van der Waals surface area contributed by atoms with Crippen molar-refractivity contribution in [1.82, 2.24) is 10.2 Å². The van der Waals surface area contributed by atoms with Gasteiger partial charge in [-0.25, -0.2) is 0 Å². The fourth-order valence-electron chi connectivity index (χ4n) is 3.69. The van der Waals surface area contributed by atoms with E-state index in [0.717, 1.165) is 11.3 Å². The highest BCUT2D eigenvalue weighted by molar-refractivity contribution is 4.97. The zero-order valence-electron chi connectivity index (χ0n) is 12.0. The number of nitrogens with zero attached hydrogens (tertiary/aromatic N) is 1. The van der Waals surface area contributed by atoms with E-state index in [1.54, 1.807) is 0 Å². The molecule has 0 aromatic heterocycles. The molecule has 1 heterocycles. The topological polar surface area (TPSA) is 15.3 Å². The van der Waals surface area contributed by atoms with Crippen molar-refractivity contribution in [3.05, 3.63) is 0 Å². The maximum atomic E-state index is 3.59. The molecule has 0 bridgehead atoms. The quantitative estimate of drug-likeness (QED) is 0.792. The lowest BCUT2D eigenvalue weighted by Crippen LogP contribution is -2.49. The van der Waals surface area contributed by atoms with Crippen LogP contribution in [0.4, 0.5) is 0 Å². The third-order valence-corrected chi connectivity index (χ3v) is 4.71. The number of piperidine rings is 1. The maximum Gasteiger partial charge on any atom is 0.00104 e. The van der Waals surface area contributed by atoms with Crippen LogP contribution in [0.15, 0.2) is 0 Å². The van der Waals surface area contributed by atoms with Crippen molar-refractivity contribution in [1.29, 1.82) is 0 Å². The van der Waals surface area contributed by atoms with Crippen molar-refractivity contribution in [2.24, 2.45) is 11.3 Å². The van der Waals surface area contributed by atoms with Crippen LogP contribution in [0, 0.1) is 11.3 Å². The van der Waals surface area contributed by atoms with Gasteiger partial charge in [0.05, 0.1) is 0 Å². The Hall–Kier alpha value is -0.0800. The van der Waals surface area contributed by atoms with Crippen molar-refractivity contribution in [3.63, 3.8) is 0 Å². The van der Waals surface area contributed by atoms with Crippen LogP contribution >= 0.6 is 0 Å². The van der Waals surface area contributed by atoms with E-state index in [4.69, 9.17) is 0 Å². The SMILES string of the molecule is CCCN1CCC2(CC1)CC(CNC(C)C)C2. The Bertz CT molecular complexity index is 221.